The Morgan fingerprint density at radius 2 is 2.36 bits per heavy atom. The summed E-state index contributed by atoms with van der Waals surface area (Å²) in [5.41, 5.74) is 0.215. The third-order valence-corrected chi connectivity index (χ3v) is 2.50. The van der Waals surface area contributed by atoms with Crippen molar-refractivity contribution in [3.63, 3.8) is 0 Å². The molecule has 0 unspecified atom stereocenters. The van der Waals surface area contributed by atoms with Gasteiger partial charge in [-0.15, -0.1) is 0 Å². The fourth-order valence-electron chi connectivity index (χ4n) is 1.67. The smallest absolute Gasteiger partial charge is 0.317 e. The zero-order valence-corrected chi connectivity index (χ0v) is 6.89. The minimum atomic E-state index is 0.143. The van der Waals surface area contributed by atoms with Gasteiger partial charge in [0.25, 0.3) is 0 Å². The van der Waals surface area contributed by atoms with Crippen molar-refractivity contribution < 1.29 is 4.79 Å². The molecule has 2 fully saturated rings. The van der Waals surface area contributed by atoms with Gasteiger partial charge < -0.3 is 10.2 Å². The molecule has 2 amide bonds. The van der Waals surface area contributed by atoms with Gasteiger partial charge in [-0.25, -0.2) is 4.79 Å². The maximum Gasteiger partial charge on any atom is 0.317 e. The zero-order chi connectivity index (χ0) is 7.90. The first-order valence-electron chi connectivity index (χ1n) is 4.33. The number of amides is 2. The highest BCUT2D eigenvalue weighted by Gasteiger charge is 2.51. The lowest BCUT2D eigenvalue weighted by atomic mass is 10.3. The summed E-state index contributed by atoms with van der Waals surface area (Å²) < 4.78 is 0. The molecule has 0 aromatic carbocycles. The van der Waals surface area contributed by atoms with Gasteiger partial charge in [-0.2, -0.15) is 0 Å². The van der Waals surface area contributed by atoms with Crippen LogP contribution >= 0.6 is 0 Å². The Bertz CT molecular complexity index is 187. The van der Waals surface area contributed by atoms with Crippen molar-refractivity contribution in [1.29, 1.82) is 0 Å². The molecule has 0 radical (unpaired) electrons. The van der Waals surface area contributed by atoms with E-state index in [1.54, 1.807) is 0 Å². The van der Waals surface area contributed by atoms with Crippen LogP contribution in [0.5, 0.6) is 0 Å². The Labute approximate surface area is 66.8 Å². The molecule has 3 nitrogen and oxygen atoms in total. The maximum atomic E-state index is 11.2. The van der Waals surface area contributed by atoms with E-state index in [1.165, 1.54) is 12.8 Å². The monoisotopic (exact) mass is 154 g/mol. The molecule has 1 aliphatic carbocycles. The van der Waals surface area contributed by atoms with E-state index in [9.17, 15) is 4.79 Å². The number of rotatable bonds is 2. The number of hydrogen-bond acceptors (Lipinski definition) is 1. The van der Waals surface area contributed by atoms with Gasteiger partial charge in [0.1, 0.15) is 0 Å². The van der Waals surface area contributed by atoms with E-state index < -0.39 is 0 Å². The van der Waals surface area contributed by atoms with Crippen LogP contribution in [0.4, 0.5) is 4.79 Å². The SMILES string of the molecule is CCCN1CC2(CC2)NC1=O. The lowest BCUT2D eigenvalue weighted by Crippen LogP contribution is -2.29. The van der Waals surface area contributed by atoms with Crippen molar-refractivity contribution in [2.75, 3.05) is 13.1 Å². The summed E-state index contributed by atoms with van der Waals surface area (Å²) >= 11 is 0. The molecule has 11 heavy (non-hydrogen) atoms. The Morgan fingerprint density at radius 3 is 2.82 bits per heavy atom. The third-order valence-electron chi connectivity index (χ3n) is 2.50. The van der Waals surface area contributed by atoms with Crippen LogP contribution in [0.3, 0.4) is 0 Å². The van der Waals surface area contributed by atoms with Crippen molar-refractivity contribution >= 4 is 6.03 Å². The van der Waals surface area contributed by atoms with Gasteiger partial charge in [0.05, 0.1) is 5.54 Å². The normalized spacial score (nSPS) is 25.9. The standard InChI is InChI=1S/C8H14N2O/c1-2-5-10-6-8(3-4-8)9-7(10)11/h2-6H2,1H3,(H,9,11). The second-order valence-corrected chi connectivity index (χ2v) is 3.63. The van der Waals surface area contributed by atoms with E-state index >= 15 is 0 Å². The Morgan fingerprint density at radius 1 is 1.64 bits per heavy atom. The van der Waals surface area contributed by atoms with Crippen LogP contribution in [0.25, 0.3) is 0 Å². The first kappa shape index (κ1) is 6.95. The number of urea groups is 1. The fourth-order valence-corrected chi connectivity index (χ4v) is 1.67. The van der Waals surface area contributed by atoms with Gasteiger partial charge in [0.15, 0.2) is 0 Å². The van der Waals surface area contributed by atoms with Crippen LogP contribution in [0, 0.1) is 0 Å². The van der Waals surface area contributed by atoms with Gasteiger partial charge >= 0.3 is 6.03 Å². The second-order valence-electron chi connectivity index (χ2n) is 3.63. The number of hydrogen-bond donors (Lipinski definition) is 1. The van der Waals surface area contributed by atoms with Crippen LogP contribution in [-0.4, -0.2) is 29.6 Å². The van der Waals surface area contributed by atoms with Crippen LogP contribution in [-0.2, 0) is 0 Å². The predicted molar refractivity (Wildman–Crippen MR) is 42.4 cm³/mol. The predicted octanol–water partition coefficient (Wildman–Crippen LogP) is 0.954. The van der Waals surface area contributed by atoms with E-state index in [0.29, 0.717) is 0 Å². The molecule has 1 saturated carbocycles. The summed E-state index contributed by atoms with van der Waals surface area (Å²) in [7, 11) is 0. The van der Waals surface area contributed by atoms with Crippen molar-refractivity contribution in [3.05, 3.63) is 0 Å². The number of nitrogens with zero attached hydrogens (tertiary/aromatic N) is 1. The fraction of sp³-hybridized carbons (Fsp3) is 0.875. The molecule has 2 aliphatic rings. The molecule has 1 saturated heterocycles. The van der Waals surface area contributed by atoms with E-state index in [0.717, 1.165) is 19.5 Å². The number of carbonyl (C=O) groups is 1. The molecule has 0 bridgehead atoms. The zero-order valence-electron chi connectivity index (χ0n) is 6.89. The average molecular weight is 154 g/mol. The highest BCUT2D eigenvalue weighted by molar-refractivity contribution is 5.78. The maximum absolute atomic E-state index is 11.2. The largest absolute Gasteiger partial charge is 0.331 e. The molecule has 0 aromatic rings. The van der Waals surface area contributed by atoms with Gasteiger partial charge in [0, 0.05) is 13.1 Å². The summed E-state index contributed by atoms with van der Waals surface area (Å²) in [6.07, 6.45) is 3.42. The quantitative estimate of drug-likeness (QED) is 0.631. The third kappa shape index (κ3) is 1.08. The van der Waals surface area contributed by atoms with E-state index in [-0.39, 0.29) is 11.6 Å². The van der Waals surface area contributed by atoms with Gasteiger partial charge in [-0.3, -0.25) is 0 Å². The van der Waals surface area contributed by atoms with Crippen LogP contribution in [0.1, 0.15) is 26.2 Å². The van der Waals surface area contributed by atoms with E-state index in [2.05, 4.69) is 12.2 Å². The van der Waals surface area contributed by atoms with Crippen molar-refractivity contribution in [2.45, 2.75) is 31.7 Å². The van der Waals surface area contributed by atoms with Gasteiger partial charge in [-0.05, 0) is 19.3 Å². The van der Waals surface area contributed by atoms with Crippen molar-refractivity contribution in [1.82, 2.24) is 10.2 Å². The van der Waals surface area contributed by atoms with Crippen LogP contribution in [0.2, 0.25) is 0 Å². The molecule has 3 heteroatoms. The Balaban J connectivity index is 1.97. The van der Waals surface area contributed by atoms with Crippen LogP contribution in [0.15, 0.2) is 0 Å². The summed E-state index contributed by atoms with van der Waals surface area (Å²) in [4.78, 5) is 13.2. The molecular weight excluding hydrogens is 140 g/mol. The molecule has 0 atom stereocenters. The average Bonchev–Trinajstić information content (AvgIpc) is 2.61. The molecule has 1 N–H and O–H groups in total. The highest BCUT2D eigenvalue weighted by Crippen LogP contribution is 2.39. The molecule has 1 spiro atoms. The van der Waals surface area contributed by atoms with E-state index in [4.69, 9.17) is 0 Å². The lowest BCUT2D eigenvalue weighted by Gasteiger charge is -2.11. The van der Waals surface area contributed by atoms with Gasteiger partial charge in [-0.1, -0.05) is 6.92 Å². The minimum Gasteiger partial charge on any atom is -0.331 e. The molecule has 2 rings (SSSR count). The molecular formula is C8H14N2O. The molecule has 1 heterocycles. The Kier molecular flexibility index (Phi) is 1.34. The topological polar surface area (TPSA) is 32.3 Å². The first-order chi connectivity index (χ1) is 5.26. The summed E-state index contributed by atoms with van der Waals surface area (Å²) in [6, 6.07) is 0.143. The van der Waals surface area contributed by atoms with Gasteiger partial charge in [0.2, 0.25) is 0 Å². The molecule has 0 aromatic heterocycles. The Hall–Kier alpha value is -0.730. The van der Waals surface area contributed by atoms with E-state index in [1.807, 2.05) is 4.90 Å². The van der Waals surface area contributed by atoms with Crippen molar-refractivity contribution in [3.8, 4) is 0 Å². The summed E-state index contributed by atoms with van der Waals surface area (Å²) in [5, 5.41) is 3.03. The van der Waals surface area contributed by atoms with Crippen molar-refractivity contribution in [2.24, 2.45) is 0 Å². The summed E-state index contributed by atoms with van der Waals surface area (Å²) in [6.45, 7) is 3.96. The second kappa shape index (κ2) is 2.13. The highest BCUT2D eigenvalue weighted by atomic mass is 16.2. The van der Waals surface area contributed by atoms with Crippen LogP contribution < -0.4 is 5.32 Å². The minimum absolute atomic E-state index is 0.143. The molecule has 1 aliphatic heterocycles. The number of carbonyl (C=O) groups excluding carboxylic acids is 1. The molecule has 62 valence electrons. The lowest BCUT2D eigenvalue weighted by molar-refractivity contribution is 0.217. The summed E-state index contributed by atoms with van der Waals surface area (Å²) in [5.74, 6) is 0. The first-order valence-corrected chi connectivity index (χ1v) is 4.33. The number of nitrogens with one attached hydrogen (secondary N) is 1.